The summed E-state index contributed by atoms with van der Waals surface area (Å²) >= 11 is 0. The van der Waals surface area contributed by atoms with Gasteiger partial charge in [0.2, 0.25) is 11.8 Å². The van der Waals surface area contributed by atoms with Crippen molar-refractivity contribution in [3.05, 3.63) is 17.6 Å². The van der Waals surface area contributed by atoms with E-state index in [-0.39, 0.29) is 12.0 Å². The van der Waals surface area contributed by atoms with E-state index in [2.05, 4.69) is 38.6 Å². The smallest absolute Gasteiger partial charge is 0.234 e. The zero-order valence-corrected chi connectivity index (χ0v) is 19.7. The van der Waals surface area contributed by atoms with Crippen molar-refractivity contribution < 1.29 is 14.3 Å². The number of hydrogen-bond acceptors (Lipinski definition) is 6. The van der Waals surface area contributed by atoms with E-state index in [0.29, 0.717) is 31.6 Å². The Bertz CT molecular complexity index is 914. The number of ether oxygens (including phenoxy) is 2. The summed E-state index contributed by atoms with van der Waals surface area (Å²) in [6.45, 7) is 7.57. The van der Waals surface area contributed by atoms with E-state index >= 15 is 0 Å². The number of nitrogens with one attached hydrogen (secondary N) is 1. The first-order valence-corrected chi connectivity index (χ1v) is 12.0. The molecular formula is C24H37N5O3. The maximum Gasteiger partial charge on any atom is 0.234 e. The van der Waals surface area contributed by atoms with Crippen molar-refractivity contribution >= 4 is 16.9 Å². The Hall–Kier alpha value is -2.19. The summed E-state index contributed by atoms with van der Waals surface area (Å²) in [7, 11) is 1.64. The molecule has 2 fully saturated rings. The molecule has 0 bridgehead atoms. The molecule has 1 saturated carbocycles. The van der Waals surface area contributed by atoms with Gasteiger partial charge in [0.1, 0.15) is 18.1 Å². The molecule has 2 aromatic rings. The lowest BCUT2D eigenvalue weighted by Crippen LogP contribution is -2.44. The van der Waals surface area contributed by atoms with Gasteiger partial charge < -0.3 is 19.4 Å². The highest BCUT2D eigenvalue weighted by atomic mass is 16.5. The fourth-order valence-corrected chi connectivity index (χ4v) is 5.16. The molecule has 4 rings (SSSR count). The van der Waals surface area contributed by atoms with Crippen LogP contribution in [0.15, 0.2) is 6.33 Å². The molecule has 3 heterocycles. The molecule has 0 unspecified atom stereocenters. The summed E-state index contributed by atoms with van der Waals surface area (Å²) in [6, 6.07) is 0.529. The number of methoxy groups -OCH3 is 1. The molecule has 0 spiro atoms. The zero-order valence-electron chi connectivity index (χ0n) is 19.7. The highest BCUT2D eigenvalue weighted by Gasteiger charge is 2.27. The summed E-state index contributed by atoms with van der Waals surface area (Å²) in [5, 5.41) is 3.95. The first-order chi connectivity index (χ1) is 15.6. The van der Waals surface area contributed by atoms with Crippen LogP contribution in [0, 0.1) is 13.8 Å². The average molecular weight is 444 g/mol. The lowest BCUT2D eigenvalue weighted by Gasteiger charge is -2.31. The minimum atomic E-state index is 0.0501. The van der Waals surface area contributed by atoms with Gasteiger partial charge in [-0.25, -0.2) is 9.97 Å². The molecule has 8 heteroatoms. The quantitative estimate of drug-likeness (QED) is 0.631. The second-order valence-corrected chi connectivity index (χ2v) is 9.19. The molecule has 32 heavy (non-hydrogen) atoms. The molecule has 1 amide bonds. The number of aromatic nitrogens is 3. The van der Waals surface area contributed by atoms with Gasteiger partial charge in [0.25, 0.3) is 0 Å². The lowest BCUT2D eigenvalue weighted by molar-refractivity contribution is -0.122. The fraction of sp³-hybridized carbons (Fsp3) is 0.708. The van der Waals surface area contributed by atoms with Crippen molar-refractivity contribution in [2.45, 2.75) is 70.9 Å². The Morgan fingerprint density at radius 3 is 2.59 bits per heavy atom. The summed E-state index contributed by atoms with van der Waals surface area (Å²) in [5.74, 6) is 0.759. The molecule has 1 saturated heterocycles. The Morgan fingerprint density at radius 1 is 1.12 bits per heavy atom. The van der Waals surface area contributed by atoms with E-state index < -0.39 is 0 Å². The number of rotatable bonds is 8. The van der Waals surface area contributed by atoms with Crippen LogP contribution >= 0.6 is 0 Å². The van der Waals surface area contributed by atoms with Gasteiger partial charge in [-0.15, -0.1) is 0 Å². The van der Waals surface area contributed by atoms with Crippen LogP contribution in [0.2, 0.25) is 0 Å². The summed E-state index contributed by atoms with van der Waals surface area (Å²) in [5.41, 5.74) is 3.53. The topological polar surface area (TPSA) is 81.5 Å². The van der Waals surface area contributed by atoms with Crippen LogP contribution < -0.4 is 10.1 Å². The Kier molecular flexibility index (Phi) is 7.63. The second kappa shape index (κ2) is 10.6. The van der Waals surface area contributed by atoms with Crippen molar-refractivity contribution in [2.75, 3.05) is 39.9 Å². The summed E-state index contributed by atoms with van der Waals surface area (Å²) < 4.78 is 13.8. The fourth-order valence-electron chi connectivity index (χ4n) is 5.16. The number of carbonyl (C=O) groups excluding carboxylic acids is 1. The third-order valence-electron chi connectivity index (χ3n) is 7.05. The Morgan fingerprint density at radius 2 is 1.88 bits per heavy atom. The number of amides is 1. The first kappa shape index (κ1) is 23.0. The minimum absolute atomic E-state index is 0.0501. The third-order valence-corrected chi connectivity index (χ3v) is 7.05. The molecule has 1 aliphatic heterocycles. The van der Waals surface area contributed by atoms with E-state index in [1.165, 1.54) is 43.4 Å². The number of fused-ring (bicyclic) bond motifs is 1. The van der Waals surface area contributed by atoms with Gasteiger partial charge in [-0.1, -0.05) is 19.3 Å². The summed E-state index contributed by atoms with van der Waals surface area (Å²) in [6.07, 6.45) is 9.90. The van der Waals surface area contributed by atoms with Gasteiger partial charge in [0.15, 0.2) is 0 Å². The van der Waals surface area contributed by atoms with Crippen molar-refractivity contribution in [1.29, 1.82) is 0 Å². The van der Waals surface area contributed by atoms with E-state index in [0.717, 1.165) is 37.0 Å². The molecule has 2 aromatic heterocycles. The van der Waals surface area contributed by atoms with Gasteiger partial charge in [-0.05, 0) is 45.1 Å². The van der Waals surface area contributed by atoms with Crippen LogP contribution in [0.5, 0.6) is 5.88 Å². The van der Waals surface area contributed by atoms with E-state index in [1.54, 1.807) is 13.4 Å². The maximum absolute atomic E-state index is 12.0. The van der Waals surface area contributed by atoms with Crippen LogP contribution in [0.3, 0.4) is 0 Å². The number of carbonyl (C=O) groups is 1. The van der Waals surface area contributed by atoms with Crippen LogP contribution in [-0.2, 0) is 9.53 Å². The van der Waals surface area contributed by atoms with Crippen LogP contribution in [0.25, 0.3) is 11.0 Å². The van der Waals surface area contributed by atoms with Crippen molar-refractivity contribution in [1.82, 2.24) is 24.8 Å². The standard InChI is InChI=1S/C24H37N5O3/c1-17-18(2)29(19-7-5-4-6-8-19)23-22(17)24(27-16-26-23)32-20-9-12-28(13-10-20)15-21(30)25-11-14-31-3/h16,19-20H,4-15H2,1-3H3,(H,25,30). The monoisotopic (exact) mass is 443 g/mol. The predicted molar refractivity (Wildman–Crippen MR) is 124 cm³/mol. The van der Waals surface area contributed by atoms with Gasteiger partial charge >= 0.3 is 0 Å². The number of hydrogen-bond donors (Lipinski definition) is 1. The highest BCUT2D eigenvalue weighted by molar-refractivity contribution is 5.86. The molecular weight excluding hydrogens is 406 g/mol. The van der Waals surface area contributed by atoms with Crippen molar-refractivity contribution in [3.63, 3.8) is 0 Å². The maximum atomic E-state index is 12.0. The largest absolute Gasteiger partial charge is 0.474 e. The number of piperidine rings is 1. The number of likely N-dealkylation sites (tertiary alicyclic amines) is 1. The first-order valence-electron chi connectivity index (χ1n) is 12.0. The van der Waals surface area contributed by atoms with Crippen LogP contribution in [0.1, 0.15) is 62.2 Å². The molecule has 1 aliphatic carbocycles. The van der Waals surface area contributed by atoms with E-state index in [4.69, 9.17) is 9.47 Å². The normalized spacial score (nSPS) is 18.8. The third kappa shape index (κ3) is 5.07. The lowest BCUT2D eigenvalue weighted by atomic mass is 9.95. The van der Waals surface area contributed by atoms with Gasteiger partial charge in [-0.2, -0.15) is 0 Å². The Labute approximate surface area is 190 Å². The number of aryl methyl sites for hydroxylation is 1. The molecule has 2 aliphatic rings. The molecule has 8 nitrogen and oxygen atoms in total. The molecule has 176 valence electrons. The van der Waals surface area contributed by atoms with Crippen molar-refractivity contribution in [3.8, 4) is 5.88 Å². The average Bonchev–Trinajstić information content (AvgIpc) is 3.07. The number of nitrogens with zero attached hydrogens (tertiary/aromatic N) is 4. The second-order valence-electron chi connectivity index (χ2n) is 9.19. The van der Waals surface area contributed by atoms with Crippen LogP contribution in [-0.4, -0.2) is 71.3 Å². The highest BCUT2D eigenvalue weighted by Crippen LogP contribution is 2.37. The molecule has 1 N–H and O–H groups in total. The van der Waals surface area contributed by atoms with Gasteiger partial charge in [0, 0.05) is 38.5 Å². The van der Waals surface area contributed by atoms with E-state index in [1.807, 2.05) is 0 Å². The summed E-state index contributed by atoms with van der Waals surface area (Å²) in [4.78, 5) is 23.4. The molecule has 0 atom stereocenters. The SMILES string of the molecule is COCCNC(=O)CN1CCC(Oc2ncnc3c2c(C)c(C)n3C2CCCCC2)CC1. The van der Waals surface area contributed by atoms with Gasteiger partial charge in [-0.3, -0.25) is 9.69 Å². The predicted octanol–water partition coefficient (Wildman–Crippen LogP) is 3.16. The van der Waals surface area contributed by atoms with Crippen molar-refractivity contribution in [2.24, 2.45) is 0 Å². The zero-order chi connectivity index (χ0) is 22.5. The molecule has 0 radical (unpaired) electrons. The Balaban J connectivity index is 1.40. The van der Waals surface area contributed by atoms with Gasteiger partial charge in [0.05, 0.1) is 18.5 Å². The molecule has 0 aromatic carbocycles. The van der Waals surface area contributed by atoms with E-state index in [9.17, 15) is 4.79 Å². The minimum Gasteiger partial charge on any atom is -0.474 e. The van der Waals surface area contributed by atoms with Crippen LogP contribution in [0.4, 0.5) is 0 Å².